The van der Waals surface area contributed by atoms with Crippen molar-refractivity contribution in [3.8, 4) is 0 Å². The summed E-state index contributed by atoms with van der Waals surface area (Å²) in [5.74, 6) is -0.561. The van der Waals surface area contributed by atoms with Crippen molar-refractivity contribution in [3.05, 3.63) is 39.9 Å². The molecular weight excluding hydrogens is 264 g/mol. The maximum atomic E-state index is 12.0. The van der Waals surface area contributed by atoms with Crippen LogP contribution in [0.25, 0.3) is 0 Å². The minimum absolute atomic E-state index is 0.0538. The van der Waals surface area contributed by atoms with Crippen LogP contribution in [-0.2, 0) is 9.63 Å². The van der Waals surface area contributed by atoms with Gasteiger partial charge < -0.3 is 0 Å². The number of para-hydroxylation sites is 1. The number of nitrogens with zero attached hydrogens (tertiary/aromatic N) is 2. The fourth-order valence-electron chi connectivity index (χ4n) is 1.54. The molecule has 1 rings (SSSR count). The van der Waals surface area contributed by atoms with Crippen molar-refractivity contribution in [2.24, 2.45) is 0 Å². The van der Waals surface area contributed by atoms with Crippen LogP contribution in [0.4, 0.5) is 5.69 Å². The van der Waals surface area contributed by atoms with Crippen LogP contribution in [0, 0.1) is 10.1 Å². The third-order valence-corrected chi connectivity index (χ3v) is 2.21. The highest BCUT2D eigenvalue weighted by molar-refractivity contribution is 6.01. The van der Waals surface area contributed by atoms with Crippen LogP contribution >= 0.6 is 0 Å². The molecule has 0 bridgehead atoms. The minimum Gasteiger partial charge on any atom is -0.292 e. The molecule has 0 atom stereocenters. The molecular formula is C13H16N2O5. The van der Waals surface area contributed by atoms with E-state index in [0.29, 0.717) is 6.41 Å². The Labute approximate surface area is 116 Å². The monoisotopic (exact) mass is 280 g/mol. The van der Waals surface area contributed by atoms with E-state index in [1.54, 1.807) is 20.8 Å². The minimum atomic E-state index is -0.649. The molecule has 0 radical (unpaired) electrons. The van der Waals surface area contributed by atoms with Crippen LogP contribution in [0.5, 0.6) is 0 Å². The highest BCUT2D eigenvalue weighted by atomic mass is 16.7. The van der Waals surface area contributed by atoms with Crippen molar-refractivity contribution in [2.75, 3.05) is 6.54 Å². The van der Waals surface area contributed by atoms with Gasteiger partial charge in [-0.3, -0.25) is 24.5 Å². The number of rotatable bonds is 6. The van der Waals surface area contributed by atoms with Crippen molar-refractivity contribution < 1.29 is 19.3 Å². The Morgan fingerprint density at radius 1 is 1.40 bits per heavy atom. The molecule has 0 fully saturated rings. The van der Waals surface area contributed by atoms with Gasteiger partial charge in [-0.25, -0.2) is 5.06 Å². The van der Waals surface area contributed by atoms with E-state index in [1.807, 2.05) is 0 Å². The van der Waals surface area contributed by atoms with Gasteiger partial charge in [-0.1, -0.05) is 12.1 Å². The van der Waals surface area contributed by atoms with E-state index in [1.165, 1.54) is 24.3 Å². The molecule has 1 aromatic carbocycles. The molecule has 0 N–H and O–H groups in total. The molecule has 0 unspecified atom stereocenters. The number of ketones is 1. The lowest BCUT2D eigenvalue weighted by molar-refractivity contribution is -0.385. The first-order valence-electron chi connectivity index (χ1n) is 5.92. The Kier molecular flexibility index (Phi) is 4.93. The summed E-state index contributed by atoms with van der Waals surface area (Å²) in [7, 11) is 0. The van der Waals surface area contributed by atoms with E-state index >= 15 is 0 Å². The molecule has 1 aromatic rings. The Bertz CT molecular complexity index is 522. The molecule has 7 nitrogen and oxygen atoms in total. The maximum absolute atomic E-state index is 12.0. The summed E-state index contributed by atoms with van der Waals surface area (Å²) in [6, 6.07) is 5.58. The van der Waals surface area contributed by atoms with Gasteiger partial charge in [-0.15, -0.1) is 0 Å². The number of hydroxylamine groups is 2. The van der Waals surface area contributed by atoms with E-state index in [4.69, 9.17) is 4.84 Å². The highest BCUT2D eigenvalue weighted by Gasteiger charge is 2.23. The molecule has 1 amide bonds. The van der Waals surface area contributed by atoms with E-state index in [0.717, 1.165) is 5.06 Å². The zero-order valence-corrected chi connectivity index (χ0v) is 11.5. The number of hydrogen-bond acceptors (Lipinski definition) is 5. The summed E-state index contributed by atoms with van der Waals surface area (Å²) in [4.78, 5) is 38.4. The van der Waals surface area contributed by atoms with Crippen molar-refractivity contribution in [3.63, 3.8) is 0 Å². The predicted octanol–water partition coefficient (Wildman–Crippen LogP) is 1.97. The first-order chi connectivity index (χ1) is 9.24. The van der Waals surface area contributed by atoms with Crippen molar-refractivity contribution in [1.82, 2.24) is 5.06 Å². The lowest BCUT2D eigenvalue weighted by Gasteiger charge is -2.26. The standard InChI is InChI=1S/C13H16N2O5/c1-13(2,3)20-14(9-16)8-12(17)10-6-4-5-7-11(10)15(18)19/h4-7,9H,8H2,1-3H3. The predicted molar refractivity (Wildman–Crippen MR) is 71.0 cm³/mol. The van der Waals surface area contributed by atoms with Gasteiger partial charge in [-0.2, -0.15) is 0 Å². The number of benzene rings is 1. The van der Waals surface area contributed by atoms with Gasteiger partial charge in [0.1, 0.15) is 6.54 Å². The summed E-state index contributed by atoms with van der Waals surface area (Å²) in [5, 5.41) is 11.7. The van der Waals surface area contributed by atoms with Crippen molar-refractivity contribution in [1.29, 1.82) is 0 Å². The number of Topliss-reactive ketones (excluding diaryl/α,β-unsaturated/α-hetero) is 1. The van der Waals surface area contributed by atoms with Crippen LogP contribution in [0.3, 0.4) is 0 Å². The molecule has 0 aliphatic carbocycles. The Morgan fingerprint density at radius 2 is 2.00 bits per heavy atom. The van der Waals surface area contributed by atoms with Gasteiger partial charge in [0.15, 0.2) is 5.78 Å². The Hall–Kier alpha value is -2.28. The van der Waals surface area contributed by atoms with Gasteiger partial charge in [-0.05, 0) is 26.8 Å². The van der Waals surface area contributed by atoms with E-state index in [2.05, 4.69) is 0 Å². The number of nitro groups is 1. The molecule has 0 aliphatic rings. The van der Waals surface area contributed by atoms with Crippen LogP contribution < -0.4 is 0 Å². The van der Waals surface area contributed by atoms with Crippen LogP contribution in [-0.4, -0.2) is 34.3 Å². The summed E-state index contributed by atoms with van der Waals surface area (Å²) in [6.07, 6.45) is 0.373. The first-order valence-corrected chi connectivity index (χ1v) is 5.92. The quantitative estimate of drug-likeness (QED) is 0.344. The number of nitro benzene ring substituents is 1. The van der Waals surface area contributed by atoms with E-state index in [9.17, 15) is 19.7 Å². The van der Waals surface area contributed by atoms with Crippen LogP contribution in [0.15, 0.2) is 24.3 Å². The SMILES string of the molecule is CC(C)(C)ON(C=O)CC(=O)c1ccccc1[N+](=O)[O-]. The number of carbonyl (C=O) groups is 2. The lowest BCUT2D eigenvalue weighted by Crippen LogP contribution is -2.36. The van der Waals surface area contributed by atoms with Crippen molar-refractivity contribution in [2.45, 2.75) is 26.4 Å². The van der Waals surface area contributed by atoms with E-state index < -0.39 is 16.3 Å². The molecule has 0 spiro atoms. The summed E-state index contributed by atoms with van der Waals surface area (Å²) >= 11 is 0. The molecule has 0 heterocycles. The fourth-order valence-corrected chi connectivity index (χ4v) is 1.54. The van der Waals surface area contributed by atoms with E-state index in [-0.39, 0.29) is 17.8 Å². The maximum Gasteiger partial charge on any atom is 0.280 e. The molecule has 0 saturated heterocycles. The second-order valence-electron chi connectivity index (χ2n) is 5.08. The fraction of sp³-hybridized carbons (Fsp3) is 0.385. The summed E-state index contributed by atoms with van der Waals surface area (Å²) in [5.41, 5.74) is -0.995. The smallest absolute Gasteiger partial charge is 0.280 e. The number of carbonyl (C=O) groups excluding carboxylic acids is 2. The van der Waals surface area contributed by atoms with Gasteiger partial charge in [0.25, 0.3) is 5.69 Å². The molecule has 0 saturated carbocycles. The normalized spacial score (nSPS) is 10.9. The Morgan fingerprint density at radius 3 is 2.50 bits per heavy atom. The molecule has 7 heteroatoms. The highest BCUT2D eigenvalue weighted by Crippen LogP contribution is 2.19. The molecule has 0 aliphatic heterocycles. The topological polar surface area (TPSA) is 89.8 Å². The third-order valence-electron chi connectivity index (χ3n) is 2.21. The van der Waals surface area contributed by atoms with Crippen LogP contribution in [0.2, 0.25) is 0 Å². The average molecular weight is 280 g/mol. The zero-order valence-electron chi connectivity index (χ0n) is 11.5. The second-order valence-corrected chi connectivity index (χ2v) is 5.08. The lowest BCUT2D eigenvalue weighted by atomic mass is 10.1. The second kappa shape index (κ2) is 6.25. The Balaban J connectivity index is 2.90. The molecule has 108 valence electrons. The van der Waals surface area contributed by atoms with Crippen molar-refractivity contribution >= 4 is 17.9 Å². The molecule has 20 heavy (non-hydrogen) atoms. The third kappa shape index (κ3) is 4.43. The van der Waals surface area contributed by atoms with Gasteiger partial charge in [0, 0.05) is 6.07 Å². The summed E-state index contributed by atoms with van der Waals surface area (Å²) in [6.45, 7) is 4.78. The summed E-state index contributed by atoms with van der Waals surface area (Å²) < 4.78 is 0. The first kappa shape index (κ1) is 15.8. The largest absolute Gasteiger partial charge is 0.292 e. The van der Waals surface area contributed by atoms with Gasteiger partial charge in [0.05, 0.1) is 16.1 Å². The number of hydrogen-bond donors (Lipinski definition) is 0. The number of amides is 1. The van der Waals surface area contributed by atoms with Crippen LogP contribution in [0.1, 0.15) is 31.1 Å². The van der Waals surface area contributed by atoms with Gasteiger partial charge >= 0.3 is 0 Å². The van der Waals surface area contributed by atoms with Gasteiger partial charge in [0.2, 0.25) is 6.41 Å². The average Bonchev–Trinajstić information content (AvgIpc) is 2.36. The molecule has 0 aromatic heterocycles. The zero-order chi connectivity index (χ0) is 15.3.